The number of carbonyl (C=O) groups is 1. The molecule has 5 rings (SSSR count). The normalized spacial score (nSPS) is 15.9. The van der Waals surface area contributed by atoms with Crippen LogP contribution in [0.4, 0.5) is 0 Å². The van der Waals surface area contributed by atoms with Crippen LogP contribution in [0.25, 0.3) is 6.08 Å². The fourth-order valence-corrected chi connectivity index (χ4v) is 4.94. The Bertz CT molecular complexity index is 1200. The number of nitrogens with zero attached hydrogens (tertiary/aromatic N) is 4. The lowest BCUT2D eigenvalue weighted by Gasteiger charge is -2.35. The highest BCUT2D eigenvalue weighted by Gasteiger charge is 2.31. The fourth-order valence-electron chi connectivity index (χ4n) is 4.04. The van der Waals surface area contributed by atoms with Gasteiger partial charge in [0.05, 0.1) is 18.8 Å². The molecule has 4 aromatic rings. The summed E-state index contributed by atoms with van der Waals surface area (Å²) in [5.41, 5.74) is 4.20. The van der Waals surface area contributed by atoms with Gasteiger partial charge in [-0.3, -0.25) is 4.79 Å². The van der Waals surface area contributed by atoms with Crippen molar-refractivity contribution in [1.29, 1.82) is 0 Å². The van der Waals surface area contributed by atoms with Crippen LogP contribution in [-0.2, 0) is 17.8 Å². The monoisotopic (exact) mass is 426 g/mol. The highest BCUT2D eigenvalue weighted by molar-refractivity contribution is 7.10. The van der Waals surface area contributed by atoms with Crippen LogP contribution >= 0.6 is 11.3 Å². The number of thiophene rings is 1. The van der Waals surface area contributed by atoms with Gasteiger partial charge in [0.25, 0.3) is 0 Å². The van der Waals surface area contributed by atoms with Crippen molar-refractivity contribution in [1.82, 2.24) is 19.9 Å². The molecule has 1 aliphatic rings. The number of carbonyl (C=O) groups excluding carboxylic acids is 1. The summed E-state index contributed by atoms with van der Waals surface area (Å²) in [6.07, 6.45) is 6.12. The Labute approximate surface area is 185 Å². The van der Waals surface area contributed by atoms with Crippen molar-refractivity contribution in [3.8, 4) is 0 Å². The van der Waals surface area contributed by atoms with Gasteiger partial charge in [0.2, 0.25) is 5.91 Å². The van der Waals surface area contributed by atoms with E-state index in [-0.39, 0.29) is 11.9 Å². The van der Waals surface area contributed by atoms with E-state index in [2.05, 4.69) is 46.0 Å². The fraction of sp³-hybridized carbons (Fsp3) is 0.160. The predicted octanol–water partition coefficient (Wildman–Crippen LogP) is 4.58. The minimum atomic E-state index is -0.0536. The van der Waals surface area contributed by atoms with Gasteiger partial charge >= 0.3 is 0 Å². The van der Waals surface area contributed by atoms with E-state index in [9.17, 15) is 4.79 Å². The number of fused-ring (bicyclic) bond motifs is 1. The van der Waals surface area contributed by atoms with Crippen LogP contribution in [0.1, 0.15) is 33.3 Å². The molecular formula is C25H22N4OS. The summed E-state index contributed by atoms with van der Waals surface area (Å²) in [6, 6.07) is 22.5. The van der Waals surface area contributed by atoms with Crippen LogP contribution in [0.15, 0.2) is 84.4 Å². The van der Waals surface area contributed by atoms with Crippen molar-refractivity contribution in [2.24, 2.45) is 0 Å². The third-order valence-electron chi connectivity index (χ3n) is 5.50. The third-order valence-corrected chi connectivity index (χ3v) is 6.50. The van der Waals surface area contributed by atoms with Gasteiger partial charge in [0, 0.05) is 17.5 Å². The Morgan fingerprint density at radius 1 is 1.06 bits per heavy atom. The van der Waals surface area contributed by atoms with E-state index in [1.165, 1.54) is 10.4 Å². The molecule has 0 bridgehead atoms. The van der Waals surface area contributed by atoms with E-state index < -0.39 is 0 Å². The highest BCUT2D eigenvalue weighted by Crippen LogP contribution is 2.37. The lowest BCUT2D eigenvalue weighted by Crippen LogP contribution is -2.39. The maximum Gasteiger partial charge on any atom is 0.247 e. The summed E-state index contributed by atoms with van der Waals surface area (Å²) in [5, 5.41) is 10.5. The van der Waals surface area contributed by atoms with Gasteiger partial charge in [-0.1, -0.05) is 65.9 Å². The van der Waals surface area contributed by atoms with Crippen molar-refractivity contribution >= 4 is 23.3 Å². The molecule has 0 saturated carbocycles. The number of hydrogen-bond donors (Lipinski definition) is 0. The molecule has 5 nitrogen and oxygen atoms in total. The maximum absolute atomic E-state index is 13.2. The number of hydrogen-bond acceptors (Lipinski definition) is 4. The van der Waals surface area contributed by atoms with Crippen LogP contribution < -0.4 is 0 Å². The standard InChI is InChI=1S/C25H22N4OS/c30-24(12-11-21-18-28(27-26-21)17-19-7-3-1-4-8-19)29-15-13-23-22(14-16-31-23)25(29)20-9-5-2-6-10-20/h1-12,14,16,18,25H,13,15,17H2/b12-11+. The van der Waals surface area contributed by atoms with E-state index in [1.54, 1.807) is 28.2 Å². The third kappa shape index (κ3) is 4.20. The molecule has 0 spiro atoms. The average Bonchev–Trinajstić information content (AvgIpc) is 3.47. The smallest absolute Gasteiger partial charge is 0.247 e. The van der Waals surface area contributed by atoms with Crippen LogP contribution in [0.5, 0.6) is 0 Å². The first-order valence-electron chi connectivity index (χ1n) is 10.3. The van der Waals surface area contributed by atoms with E-state index in [0.717, 1.165) is 17.5 Å². The molecule has 1 amide bonds. The van der Waals surface area contributed by atoms with E-state index in [4.69, 9.17) is 0 Å². The van der Waals surface area contributed by atoms with Crippen LogP contribution in [0.3, 0.4) is 0 Å². The second-order valence-electron chi connectivity index (χ2n) is 7.55. The first-order chi connectivity index (χ1) is 15.3. The summed E-state index contributed by atoms with van der Waals surface area (Å²) in [6.45, 7) is 1.36. The van der Waals surface area contributed by atoms with Gasteiger partial charge in [-0.25, -0.2) is 4.68 Å². The van der Waals surface area contributed by atoms with Crippen molar-refractivity contribution < 1.29 is 4.79 Å². The van der Waals surface area contributed by atoms with Crippen molar-refractivity contribution in [3.05, 3.63) is 112 Å². The quantitative estimate of drug-likeness (QED) is 0.439. The molecule has 0 fully saturated rings. The molecule has 0 aliphatic carbocycles. The average molecular weight is 427 g/mol. The molecule has 0 radical (unpaired) electrons. The molecule has 1 aliphatic heterocycles. The molecule has 154 valence electrons. The van der Waals surface area contributed by atoms with Crippen molar-refractivity contribution in [3.63, 3.8) is 0 Å². The maximum atomic E-state index is 13.2. The molecule has 2 aromatic carbocycles. The van der Waals surface area contributed by atoms with Gasteiger partial charge in [-0.15, -0.1) is 16.4 Å². The van der Waals surface area contributed by atoms with E-state index in [1.807, 2.05) is 47.5 Å². The van der Waals surface area contributed by atoms with Gasteiger partial charge < -0.3 is 4.90 Å². The first kappa shape index (κ1) is 19.5. The lowest BCUT2D eigenvalue weighted by molar-refractivity contribution is -0.127. The van der Waals surface area contributed by atoms with Gasteiger partial charge in [0.1, 0.15) is 5.69 Å². The summed E-state index contributed by atoms with van der Waals surface area (Å²) in [4.78, 5) is 16.5. The van der Waals surface area contributed by atoms with Gasteiger partial charge in [-0.05, 0) is 40.6 Å². The Morgan fingerprint density at radius 2 is 1.84 bits per heavy atom. The zero-order valence-corrected chi connectivity index (χ0v) is 17.8. The molecule has 31 heavy (non-hydrogen) atoms. The Kier molecular flexibility index (Phi) is 5.46. The Morgan fingerprint density at radius 3 is 2.65 bits per heavy atom. The number of amides is 1. The largest absolute Gasteiger partial charge is 0.328 e. The van der Waals surface area contributed by atoms with Crippen molar-refractivity contribution in [2.75, 3.05) is 6.54 Å². The zero-order chi connectivity index (χ0) is 21.0. The van der Waals surface area contributed by atoms with Crippen molar-refractivity contribution in [2.45, 2.75) is 19.0 Å². The van der Waals surface area contributed by atoms with Gasteiger partial charge in [-0.2, -0.15) is 0 Å². The first-order valence-corrected chi connectivity index (χ1v) is 11.2. The molecule has 0 N–H and O–H groups in total. The number of benzene rings is 2. The molecule has 1 atom stereocenters. The van der Waals surface area contributed by atoms with Crippen LogP contribution in [-0.4, -0.2) is 32.3 Å². The number of aromatic nitrogens is 3. The van der Waals surface area contributed by atoms with Gasteiger partial charge in [0.15, 0.2) is 0 Å². The Balaban J connectivity index is 1.34. The number of rotatable bonds is 5. The summed E-state index contributed by atoms with van der Waals surface area (Å²) < 4.78 is 1.78. The van der Waals surface area contributed by atoms with E-state index >= 15 is 0 Å². The predicted molar refractivity (Wildman–Crippen MR) is 123 cm³/mol. The highest BCUT2D eigenvalue weighted by atomic mass is 32.1. The van der Waals surface area contributed by atoms with E-state index in [0.29, 0.717) is 18.8 Å². The molecule has 1 unspecified atom stereocenters. The minimum absolute atomic E-state index is 0.0108. The topological polar surface area (TPSA) is 51.0 Å². The molecule has 2 aromatic heterocycles. The summed E-state index contributed by atoms with van der Waals surface area (Å²) in [5.74, 6) is -0.0108. The molecule has 3 heterocycles. The molecule has 0 saturated heterocycles. The molecular weight excluding hydrogens is 404 g/mol. The Hall–Kier alpha value is -3.51. The lowest BCUT2D eigenvalue weighted by atomic mass is 9.93. The molecule has 6 heteroatoms. The van der Waals surface area contributed by atoms with Crippen LogP contribution in [0.2, 0.25) is 0 Å². The van der Waals surface area contributed by atoms with Crippen LogP contribution in [0, 0.1) is 0 Å². The second kappa shape index (κ2) is 8.70. The SMILES string of the molecule is O=C(/C=C/c1cn(Cc2ccccc2)nn1)N1CCc2sccc2C1c1ccccc1. The summed E-state index contributed by atoms with van der Waals surface area (Å²) >= 11 is 1.77. The second-order valence-corrected chi connectivity index (χ2v) is 8.55. The summed E-state index contributed by atoms with van der Waals surface area (Å²) in [7, 11) is 0. The zero-order valence-electron chi connectivity index (χ0n) is 17.0. The minimum Gasteiger partial charge on any atom is -0.328 e.